The molecule has 0 saturated heterocycles. The molecule has 1 N–H and O–H groups in total. The van der Waals surface area contributed by atoms with Gasteiger partial charge in [0.15, 0.2) is 0 Å². The molecule has 0 heterocycles. The van der Waals surface area contributed by atoms with Crippen LogP contribution in [0, 0.1) is 5.92 Å². The summed E-state index contributed by atoms with van der Waals surface area (Å²) in [5.41, 5.74) is 1.31. The van der Waals surface area contributed by atoms with Gasteiger partial charge in [0.25, 0.3) is 0 Å². The van der Waals surface area contributed by atoms with Gasteiger partial charge in [0.2, 0.25) is 0 Å². The number of rotatable bonds is 5. The average molecular weight is 335 g/mol. The molecule has 15 heavy (non-hydrogen) atoms. The molecule has 1 aromatic carbocycles. The molecule has 0 amide bonds. The topological polar surface area (TPSA) is 12.0 Å². The molecule has 1 rings (SSSR count). The summed E-state index contributed by atoms with van der Waals surface area (Å²) in [6.45, 7) is 5.38. The zero-order valence-corrected chi connectivity index (χ0v) is 12.3. The minimum Gasteiger partial charge on any atom is -0.309 e. The van der Waals surface area contributed by atoms with Crippen molar-refractivity contribution in [2.75, 3.05) is 5.33 Å². The van der Waals surface area contributed by atoms with Crippen molar-refractivity contribution in [1.82, 2.24) is 5.32 Å². The van der Waals surface area contributed by atoms with Crippen molar-refractivity contribution in [3.8, 4) is 0 Å². The molecule has 1 nitrogen and oxygen atoms in total. The Morgan fingerprint density at radius 3 is 2.47 bits per heavy atom. The van der Waals surface area contributed by atoms with Gasteiger partial charge in [-0.05, 0) is 17.5 Å². The zero-order chi connectivity index (χ0) is 11.3. The van der Waals surface area contributed by atoms with Crippen LogP contribution in [0.1, 0.15) is 19.4 Å². The molecule has 0 aliphatic rings. The van der Waals surface area contributed by atoms with Gasteiger partial charge in [-0.15, -0.1) is 0 Å². The van der Waals surface area contributed by atoms with Gasteiger partial charge in [-0.1, -0.05) is 63.9 Å². The number of alkyl halides is 1. The van der Waals surface area contributed by atoms with E-state index in [1.165, 1.54) is 10.0 Å². The first-order valence-corrected chi connectivity index (χ1v) is 7.09. The minimum absolute atomic E-state index is 0.525. The van der Waals surface area contributed by atoms with E-state index in [0.29, 0.717) is 12.0 Å². The van der Waals surface area contributed by atoms with E-state index in [4.69, 9.17) is 0 Å². The van der Waals surface area contributed by atoms with E-state index in [1.807, 2.05) is 6.07 Å². The number of hydrogen-bond acceptors (Lipinski definition) is 1. The Hall–Kier alpha value is 0.140. The van der Waals surface area contributed by atoms with Crippen LogP contribution in [0.25, 0.3) is 0 Å². The van der Waals surface area contributed by atoms with Crippen molar-refractivity contribution in [3.63, 3.8) is 0 Å². The third kappa shape index (κ3) is 4.25. The predicted octanol–water partition coefficient (Wildman–Crippen LogP) is 3.96. The SMILES string of the molecule is CC(C)C(CBr)NCc1ccccc1Br. The van der Waals surface area contributed by atoms with E-state index in [-0.39, 0.29) is 0 Å². The molecule has 1 unspecified atom stereocenters. The van der Waals surface area contributed by atoms with Gasteiger partial charge < -0.3 is 5.32 Å². The van der Waals surface area contributed by atoms with Crippen LogP contribution < -0.4 is 5.32 Å². The molecule has 0 bridgehead atoms. The largest absolute Gasteiger partial charge is 0.309 e. The fourth-order valence-electron chi connectivity index (χ4n) is 1.35. The van der Waals surface area contributed by atoms with Crippen LogP contribution in [0.15, 0.2) is 28.7 Å². The molecule has 0 spiro atoms. The molecule has 0 radical (unpaired) electrons. The highest BCUT2D eigenvalue weighted by molar-refractivity contribution is 9.10. The lowest BCUT2D eigenvalue weighted by Crippen LogP contribution is -2.34. The maximum absolute atomic E-state index is 3.55. The molecule has 1 aromatic rings. The number of nitrogens with one attached hydrogen (secondary N) is 1. The quantitative estimate of drug-likeness (QED) is 0.804. The molecule has 0 aromatic heterocycles. The Bertz CT molecular complexity index is 299. The summed E-state index contributed by atoms with van der Waals surface area (Å²) in [5.74, 6) is 0.645. The van der Waals surface area contributed by atoms with E-state index in [0.717, 1.165) is 11.9 Å². The summed E-state index contributed by atoms with van der Waals surface area (Å²) in [4.78, 5) is 0. The fourth-order valence-corrected chi connectivity index (χ4v) is 2.75. The molecule has 3 heteroatoms. The van der Waals surface area contributed by atoms with Gasteiger partial charge in [-0.3, -0.25) is 0 Å². The van der Waals surface area contributed by atoms with Crippen molar-refractivity contribution in [1.29, 1.82) is 0 Å². The van der Waals surface area contributed by atoms with Crippen molar-refractivity contribution in [2.45, 2.75) is 26.4 Å². The Labute approximate surface area is 109 Å². The van der Waals surface area contributed by atoms with E-state index >= 15 is 0 Å². The van der Waals surface area contributed by atoms with Crippen LogP contribution in [-0.2, 0) is 6.54 Å². The lowest BCUT2D eigenvalue weighted by atomic mass is 10.1. The van der Waals surface area contributed by atoms with Crippen LogP contribution in [0.3, 0.4) is 0 Å². The molecule has 0 aliphatic carbocycles. The van der Waals surface area contributed by atoms with Gasteiger partial charge in [0.1, 0.15) is 0 Å². The molecular formula is C12H17Br2N. The lowest BCUT2D eigenvalue weighted by Gasteiger charge is -2.20. The number of halogens is 2. The van der Waals surface area contributed by atoms with Crippen LogP contribution >= 0.6 is 31.9 Å². The van der Waals surface area contributed by atoms with Gasteiger partial charge >= 0.3 is 0 Å². The Balaban J connectivity index is 2.53. The highest BCUT2D eigenvalue weighted by atomic mass is 79.9. The highest BCUT2D eigenvalue weighted by Gasteiger charge is 2.11. The van der Waals surface area contributed by atoms with Gasteiger partial charge in [-0.25, -0.2) is 0 Å². The Morgan fingerprint density at radius 2 is 1.93 bits per heavy atom. The first-order valence-electron chi connectivity index (χ1n) is 5.18. The fraction of sp³-hybridized carbons (Fsp3) is 0.500. The van der Waals surface area contributed by atoms with E-state index < -0.39 is 0 Å². The Morgan fingerprint density at radius 1 is 1.27 bits per heavy atom. The van der Waals surface area contributed by atoms with Gasteiger partial charge in [-0.2, -0.15) is 0 Å². The van der Waals surface area contributed by atoms with Crippen LogP contribution in [0.4, 0.5) is 0 Å². The van der Waals surface area contributed by atoms with Crippen molar-refractivity contribution >= 4 is 31.9 Å². The minimum atomic E-state index is 0.525. The van der Waals surface area contributed by atoms with E-state index in [9.17, 15) is 0 Å². The summed E-state index contributed by atoms with van der Waals surface area (Å²) >= 11 is 7.09. The Kier molecular flexibility index (Phi) is 5.87. The van der Waals surface area contributed by atoms with Gasteiger partial charge in [0.05, 0.1) is 0 Å². The van der Waals surface area contributed by atoms with Crippen LogP contribution in [0.2, 0.25) is 0 Å². The van der Waals surface area contributed by atoms with E-state index in [2.05, 4.69) is 69.2 Å². The van der Waals surface area contributed by atoms with Crippen molar-refractivity contribution < 1.29 is 0 Å². The lowest BCUT2D eigenvalue weighted by molar-refractivity contribution is 0.434. The maximum Gasteiger partial charge on any atom is 0.0220 e. The van der Waals surface area contributed by atoms with Gasteiger partial charge in [0, 0.05) is 22.4 Å². The number of benzene rings is 1. The zero-order valence-electron chi connectivity index (χ0n) is 9.13. The van der Waals surface area contributed by atoms with Crippen LogP contribution in [0.5, 0.6) is 0 Å². The summed E-state index contributed by atoms with van der Waals surface area (Å²) in [6.07, 6.45) is 0. The number of hydrogen-bond donors (Lipinski definition) is 1. The monoisotopic (exact) mass is 333 g/mol. The third-order valence-electron chi connectivity index (χ3n) is 2.48. The second-order valence-corrected chi connectivity index (χ2v) is 5.48. The summed E-state index contributed by atoms with van der Waals surface area (Å²) in [5, 5.41) is 4.54. The van der Waals surface area contributed by atoms with Crippen molar-refractivity contribution in [3.05, 3.63) is 34.3 Å². The molecular weight excluding hydrogens is 318 g/mol. The normalized spacial score (nSPS) is 13.1. The van der Waals surface area contributed by atoms with Crippen molar-refractivity contribution in [2.24, 2.45) is 5.92 Å². The van der Waals surface area contributed by atoms with Crippen LogP contribution in [-0.4, -0.2) is 11.4 Å². The molecule has 0 aliphatic heterocycles. The standard InChI is InChI=1S/C12H17Br2N/c1-9(2)12(7-13)15-8-10-5-3-4-6-11(10)14/h3-6,9,12,15H,7-8H2,1-2H3. The molecule has 0 fully saturated rings. The third-order valence-corrected chi connectivity index (χ3v) is 3.95. The maximum atomic E-state index is 3.55. The molecule has 0 saturated carbocycles. The molecule has 84 valence electrons. The summed E-state index contributed by atoms with van der Waals surface area (Å²) in [7, 11) is 0. The average Bonchev–Trinajstić information content (AvgIpc) is 2.21. The second kappa shape index (κ2) is 6.66. The summed E-state index contributed by atoms with van der Waals surface area (Å²) in [6, 6.07) is 8.85. The predicted molar refractivity (Wildman–Crippen MR) is 73.4 cm³/mol. The first-order chi connectivity index (χ1) is 7.15. The molecule has 1 atom stereocenters. The van der Waals surface area contributed by atoms with E-state index in [1.54, 1.807) is 0 Å². The second-order valence-electron chi connectivity index (χ2n) is 3.98. The first kappa shape index (κ1) is 13.2. The summed E-state index contributed by atoms with van der Waals surface area (Å²) < 4.78 is 1.18. The smallest absolute Gasteiger partial charge is 0.0220 e. The highest BCUT2D eigenvalue weighted by Crippen LogP contribution is 2.16.